The number of thioether (sulfide) groups is 1. The van der Waals surface area contributed by atoms with Crippen LogP contribution in [0.5, 0.6) is 5.75 Å². The van der Waals surface area contributed by atoms with Gasteiger partial charge in [-0.2, -0.15) is 0 Å². The van der Waals surface area contributed by atoms with Crippen molar-refractivity contribution in [3.8, 4) is 5.75 Å². The van der Waals surface area contributed by atoms with E-state index < -0.39 is 0 Å². The van der Waals surface area contributed by atoms with Gasteiger partial charge >= 0.3 is 0 Å². The zero-order valence-electron chi connectivity index (χ0n) is 19.5. The van der Waals surface area contributed by atoms with E-state index in [2.05, 4.69) is 10.6 Å². The highest BCUT2D eigenvalue weighted by Gasteiger charge is 2.39. The number of carbonyl (C=O) groups is 3. The van der Waals surface area contributed by atoms with Gasteiger partial charge in [-0.1, -0.05) is 25.6 Å². The molecule has 4 rings (SSSR count). The fourth-order valence-electron chi connectivity index (χ4n) is 3.43. The number of nitrogens with zero attached hydrogens (tertiary/aromatic N) is 1. The average molecular weight is 492 g/mol. The Balaban J connectivity index is 1.56. The molecule has 2 heterocycles. The predicted molar refractivity (Wildman–Crippen MR) is 134 cm³/mol. The van der Waals surface area contributed by atoms with E-state index in [1.54, 1.807) is 67.8 Å². The minimum Gasteiger partial charge on any atom is -0.497 e. The van der Waals surface area contributed by atoms with Gasteiger partial charge in [0.15, 0.2) is 5.76 Å². The molecule has 0 bridgehead atoms. The van der Waals surface area contributed by atoms with Crippen molar-refractivity contribution in [2.75, 3.05) is 24.3 Å². The maximum absolute atomic E-state index is 13.2. The van der Waals surface area contributed by atoms with E-state index in [-0.39, 0.29) is 35.1 Å². The molecule has 2 aromatic carbocycles. The fraction of sp³-hybridized carbons (Fsp3) is 0.192. The van der Waals surface area contributed by atoms with E-state index in [0.717, 1.165) is 4.90 Å². The summed E-state index contributed by atoms with van der Waals surface area (Å²) in [5, 5.41) is 5.88. The van der Waals surface area contributed by atoms with Crippen molar-refractivity contribution in [1.29, 1.82) is 0 Å². The number of furan rings is 1. The molecule has 0 atom stereocenters. The van der Waals surface area contributed by atoms with Crippen molar-refractivity contribution < 1.29 is 23.5 Å². The molecule has 0 radical (unpaired) electrons. The SMILES string of the molecule is COc1ccc(NC2=C(Sc3ccc(NC(=O)c4ccco4)cc3)C(=O)N(CC(C)C)C2=O)cc1. The lowest BCUT2D eigenvalue weighted by Crippen LogP contribution is -2.35. The lowest BCUT2D eigenvalue weighted by Gasteiger charge is -2.17. The molecule has 35 heavy (non-hydrogen) atoms. The lowest BCUT2D eigenvalue weighted by molar-refractivity contribution is -0.137. The molecule has 3 aromatic rings. The highest BCUT2D eigenvalue weighted by Crippen LogP contribution is 2.36. The number of hydrogen-bond acceptors (Lipinski definition) is 7. The second kappa shape index (κ2) is 10.5. The summed E-state index contributed by atoms with van der Waals surface area (Å²) in [6.07, 6.45) is 1.43. The van der Waals surface area contributed by atoms with Crippen molar-refractivity contribution in [2.45, 2.75) is 18.7 Å². The van der Waals surface area contributed by atoms with Gasteiger partial charge in [0.2, 0.25) is 0 Å². The molecule has 1 aromatic heterocycles. The van der Waals surface area contributed by atoms with Gasteiger partial charge in [-0.05, 0) is 66.6 Å². The van der Waals surface area contributed by atoms with Crippen LogP contribution in [0.3, 0.4) is 0 Å². The van der Waals surface area contributed by atoms with E-state index in [1.807, 2.05) is 13.8 Å². The number of ether oxygens (including phenoxy) is 1. The van der Waals surface area contributed by atoms with E-state index in [1.165, 1.54) is 22.9 Å². The molecule has 1 aliphatic heterocycles. The Morgan fingerprint density at radius 2 is 1.69 bits per heavy atom. The lowest BCUT2D eigenvalue weighted by atomic mass is 10.2. The van der Waals surface area contributed by atoms with Crippen LogP contribution in [0.1, 0.15) is 24.4 Å². The normalized spacial score (nSPS) is 13.5. The first-order valence-electron chi connectivity index (χ1n) is 11.0. The molecule has 9 heteroatoms. The molecule has 8 nitrogen and oxygen atoms in total. The van der Waals surface area contributed by atoms with Gasteiger partial charge in [0, 0.05) is 22.8 Å². The van der Waals surface area contributed by atoms with Crippen LogP contribution in [0.4, 0.5) is 11.4 Å². The number of carbonyl (C=O) groups excluding carboxylic acids is 3. The number of anilines is 2. The van der Waals surface area contributed by atoms with Gasteiger partial charge in [0.1, 0.15) is 16.4 Å². The monoisotopic (exact) mass is 491 g/mol. The van der Waals surface area contributed by atoms with Crippen LogP contribution < -0.4 is 15.4 Å². The summed E-state index contributed by atoms with van der Waals surface area (Å²) in [6, 6.07) is 17.4. The number of methoxy groups -OCH3 is 1. The van der Waals surface area contributed by atoms with Crippen LogP contribution in [-0.4, -0.2) is 36.3 Å². The molecule has 180 valence electrons. The third kappa shape index (κ3) is 5.58. The summed E-state index contributed by atoms with van der Waals surface area (Å²) in [5.74, 6) is -0.0161. The Morgan fingerprint density at radius 1 is 1.00 bits per heavy atom. The van der Waals surface area contributed by atoms with Gasteiger partial charge in [-0.3, -0.25) is 19.3 Å². The quantitative estimate of drug-likeness (QED) is 0.407. The molecular formula is C26H25N3O5S. The van der Waals surface area contributed by atoms with Gasteiger partial charge in [-0.15, -0.1) is 0 Å². The molecule has 0 unspecified atom stereocenters. The molecule has 2 N–H and O–H groups in total. The Hall–Kier alpha value is -3.98. The maximum atomic E-state index is 13.2. The minimum absolute atomic E-state index is 0.131. The number of nitrogens with one attached hydrogen (secondary N) is 2. The number of benzene rings is 2. The molecule has 0 saturated carbocycles. The first-order valence-corrected chi connectivity index (χ1v) is 11.8. The Morgan fingerprint density at radius 3 is 2.29 bits per heavy atom. The third-order valence-corrected chi connectivity index (χ3v) is 6.20. The van der Waals surface area contributed by atoms with Crippen LogP contribution in [0.25, 0.3) is 0 Å². The zero-order valence-corrected chi connectivity index (χ0v) is 20.3. The van der Waals surface area contributed by atoms with E-state index in [0.29, 0.717) is 28.6 Å². The van der Waals surface area contributed by atoms with Crippen molar-refractivity contribution in [1.82, 2.24) is 4.90 Å². The standard InChI is InChI=1S/C26H25N3O5S/c1-16(2)15-29-25(31)22(27-17-6-10-19(33-3)11-7-17)23(26(29)32)35-20-12-8-18(9-13-20)28-24(30)21-5-4-14-34-21/h4-14,16,27H,15H2,1-3H3,(H,28,30). The Kier molecular flexibility index (Phi) is 7.26. The van der Waals surface area contributed by atoms with E-state index >= 15 is 0 Å². The summed E-state index contributed by atoms with van der Waals surface area (Å²) in [4.78, 5) is 40.9. The summed E-state index contributed by atoms with van der Waals surface area (Å²) in [5.41, 5.74) is 1.49. The molecule has 0 saturated heterocycles. The molecule has 0 aliphatic carbocycles. The predicted octanol–water partition coefficient (Wildman–Crippen LogP) is 4.98. The van der Waals surface area contributed by atoms with Gasteiger partial charge in [0.25, 0.3) is 17.7 Å². The van der Waals surface area contributed by atoms with Crippen molar-refractivity contribution in [2.24, 2.45) is 5.92 Å². The Labute approximate surface area is 207 Å². The van der Waals surface area contributed by atoms with Crippen LogP contribution in [-0.2, 0) is 9.59 Å². The van der Waals surface area contributed by atoms with Crippen molar-refractivity contribution in [3.63, 3.8) is 0 Å². The van der Waals surface area contributed by atoms with E-state index in [4.69, 9.17) is 9.15 Å². The Bertz CT molecular complexity index is 1250. The first-order chi connectivity index (χ1) is 16.9. The molecule has 0 fully saturated rings. The second-order valence-corrected chi connectivity index (χ2v) is 9.31. The number of rotatable bonds is 9. The molecule has 3 amide bonds. The molecule has 1 aliphatic rings. The third-order valence-electron chi connectivity index (χ3n) is 5.11. The zero-order chi connectivity index (χ0) is 24.9. The van der Waals surface area contributed by atoms with Gasteiger partial charge in [-0.25, -0.2) is 0 Å². The summed E-state index contributed by atoms with van der Waals surface area (Å²) >= 11 is 1.20. The molecular weight excluding hydrogens is 466 g/mol. The smallest absolute Gasteiger partial charge is 0.291 e. The number of imide groups is 1. The molecule has 0 spiro atoms. The highest BCUT2D eigenvalue weighted by molar-refractivity contribution is 8.04. The largest absolute Gasteiger partial charge is 0.497 e. The minimum atomic E-state index is -0.357. The van der Waals surface area contributed by atoms with E-state index in [9.17, 15) is 14.4 Å². The highest BCUT2D eigenvalue weighted by atomic mass is 32.2. The van der Waals surface area contributed by atoms with Crippen molar-refractivity contribution >= 4 is 40.9 Å². The topological polar surface area (TPSA) is 101 Å². The van der Waals surface area contributed by atoms with Gasteiger partial charge in [0.05, 0.1) is 13.4 Å². The average Bonchev–Trinajstić information content (AvgIpc) is 3.46. The van der Waals surface area contributed by atoms with Crippen LogP contribution in [0.2, 0.25) is 0 Å². The number of hydrogen-bond donors (Lipinski definition) is 2. The van der Waals surface area contributed by atoms with Crippen molar-refractivity contribution in [3.05, 3.63) is 83.3 Å². The summed E-state index contributed by atoms with van der Waals surface area (Å²) < 4.78 is 10.3. The summed E-state index contributed by atoms with van der Waals surface area (Å²) in [7, 11) is 1.58. The van der Waals surface area contributed by atoms with Gasteiger partial charge < -0.3 is 19.8 Å². The van der Waals surface area contributed by atoms with Crippen LogP contribution >= 0.6 is 11.8 Å². The summed E-state index contributed by atoms with van der Waals surface area (Å²) in [6.45, 7) is 4.24. The number of amides is 3. The fourth-order valence-corrected chi connectivity index (χ4v) is 4.38. The maximum Gasteiger partial charge on any atom is 0.291 e. The van der Waals surface area contributed by atoms with Crippen LogP contribution in [0, 0.1) is 5.92 Å². The van der Waals surface area contributed by atoms with Crippen LogP contribution in [0.15, 0.2) is 86.8 Å². The first kappa shape index (κ1) is 24.2. The second-order valence-electron chi connectivity index (χ2n) is 8.23.